The van der Waals surface area contributed by atoms with Crippen molar-refractivity contribution in [3.8, 4) is 0 Å². The van der Waals surface area contributed by atoms with E-state index < -0.39 is 0 Å². The van der Waals surface area contributed by atoms with Gasteiger partial charge in [-0.1, -0.05) is 64.0 Å². The monoisotopic (exact) mass is 298 g/mol. The quantitative estimate of drug-likeness (QED) is 0.688. The van der Waals surface area contributed by atoms with Crippen LogP contribution in [0.25, 0.3) is 6.08 Å². The average molecular weight is 299 g/mol. The topological polar surface area (TPSA) is 0 Å². The lowest BCUT2D eigenvalue weighted by atomic mass is 9.78. The molecule has 1 aliphatic carbocycles. The first kappa shape index (κ1) is 11.7. The van der Waals surface area contributed by atoms with E-state index >= 15 is 0 Å². The third-order valence-electron chi connectivity index (χ3n) is 3.79. The summed E-state index contributed by atoms with van der Waals surface area (Å²) in [6.45, 7) is 4.43. The molecule has 1 heteroatoms. The zero-order valence-corrected chi connectivity index (χ0v) is 12.2. The van der Waals surface area contributed by atoms with E-state index in [2.05, 4.69) is 84.4 Å². The number of hydrogen-bond acceptors (Lipinski definition) is 0. The molecule has 0 aromatic heterocycles. The van der Waals surface area contributed by atoms with Gasteiger partial charge < -0.3 is 0 Å². The maximum absolute atomic E-state index is 3.58. The minimum atomic E-state index is -0.00880. The second-order valence-corrected chi connectivity index (χ2v) is 6.05. The summed E-state index contributed by atoms with van der Waals surface area (Å²) < 4.78 is 1.14. The molecule has 2 aromatic rings. The third-order valence-corrected chi connectivity index (χ3v) is 4.28. The van der Waals surface area contributed by atoms with E-state index in [0.29, 0.717) is 0 Å². The van der Waals surface area contributed by atoms with Crippen molar-refractivity contribution in [3.63, 3.8) is 0 Å². The first-order valence-corrected chi connectivity index (χ1v) is 6.95. The van der Waals surface area contributed by atoms with Gasteiger partial charge in [0.05, 0.1) is 0 Å². The van der Waals surface area contributed by atoms with Crippen LogP contribution in [-0.2, 0) is 5.41 Å². The van der Waals surface area contributed by atoms with Gasteiger partial charge in [0.25, 0.3) is 0 Å². The van der Waals surface area contributed by atoms with E-state index in [9.17, 15) is 0 Å². The molecule has 0 aliphatic heterocycles. The molecule has 18 heavy (non-hydrogen) atoms. The molecule has 1 unspecified atom stereocenters. The number of hydrogen-bond donors (Lipinski definition) is 0. The lowest BCUT2D eigenvalue weighted by molar-refractivity contribution is 0.737. The smallest absolute Gasteiger partial charge is 0.0363 e. The summed E-state index contributed by atoms with van der Waals surface area (Å²) in [7, 11) is 0. The van der Waals surface area contributed by atoms with Crippen molar-refractivity contribution in [2.75, 3.05) is 0 Å². The van der Waals surface area contributed by atoms with E-state index in [0.717, 1.165) is 4.47 Å². The van der Waals surface area contributed by atoms with E-state index in [1.807, 2.05) is 0 Å². The first-order chi connectivity index (χ1) is 8.59. The van der Waals surface area contributed by atoms with Crippen molar-refractivity contribution in [3.05, 3.63) is 75.3 Å². The molecule has 0 bridgehead atoms. The van der Waals surface area contributed by atoms with Crippen LogP contribution in [0, 0.1) is 6.92 Å². The molecule has 0 nitrogen and oxygen atoms in total. The predicted octanol–water partition coefficient (Wildman–Crippen LogP) is 5.09. The number of benzene rings is 2. The summed E-state index contributed by atoms with van der Waals surface area (Å²) in [6.07, 6.45) is 4.53. The van der Waals surface area contributed by atoms with Crippen molar-refractivity contribution in [1.82, 2.24) is 0 Å². The Kier molecular flexibility index (Phi) is 2.67. The van der Waals surface area contributed by atoms with Gasteiger partial charge in [0, 0.05) is 9.89 Å². The van der Waals surface area contributed by atoms with Crippen LogP contribution in [0.5, 0.6) is 0 Å². The van der Waals surface area contributed by atoms with Crippen molar-refractivity contribution in [2.45, 2.75) is 19.3 Å². The van der Waals surface area contributed by atoms with Crippen LogP contribution in [0.1, 0.15) is 29.2 Å². The van der Waals surface area contributed by atoms with Gasteiger partial charge in [-0.3, -0.25) is 0 Å². The van der Waals surface area contributed by atoms with Crippen molar-refractivity contribution >= 4 is 22.0 Å². The highest BCUT2D eigenvalue weighted by atomic mass is 79.9. The van der Waals surface area contributed by atoms with Gasteiger partial charge in [-0.05, 0) is 42.7 Å². The summed E-state index contributed by atoms with van der Waals surface area (Å²) in [6, 6.07) is 15.3. The fraction of sp³-hybridized carbons (Fsp3) is 0.176. The van der Waals surface area contributed by atoms with Crippen LogP contribution in [0.4, 0.5) is 0 Å². The second-order valence-electron chi connectivity index (χ2n) is 5.14. The van der Waals surface area contributed by atoms with Crippen molar-refractivity contribution in [2.24, 2.45) is 0 Å². The number of halogens is 1. The minimum absolute atomic E-state index is 0.00880. The molecule has 0 amide bonds. The average Bonchev–Trinajstić information content (AvgIpc) is 2.68. The largest absolute Gasteiger partial charge is 0.0692 e. The fourth-order valence-corrected chi connectivity index (χ4v) is 3.05. The summed E-state index contributed by atoms with van der Waals surface area (Å²) in [5, 5.41) is 0. The Bertz CT molecular complexity index is 640. The Morgan fingerprint density at radius 1 is 1.06 bits per heavy atom. The van der Waals surface area contributed by atoms with Crippen molar-refractivity contribution in [1.29, 1.82) is 0 Å². The molecule has 0 spiro atoms. The Balaban J connectivity index is 2.20. The number of fused-ring (bicyclic) bond motifs is 1. The molecule has 0 N–H and O–H groups in total. The van der Waals surface area contributed by atoms with E-state index in [1.165, 1.54) is 22.3 Å². The molecule has 0 saturated heterocycles. The molecule has 0 heterocycles. The summed E-state index contributed by atoms with van der Waals surface area (Å²) in [5.41, 5.74) is 5.36. The van der Waals surface area contributed by atoms with Gasteiger partial charge in [0.15, 0.2) is 0 Å². The Labute approximate surface area is 116 Å². The Hall–Kier alpha value is -1.34. The van der Waals surface area contributed by atoms with Gasteiger partial charge in [0.1, 0.15) is 0 Å². The molecule has 0 radical (unpaired) electrons. The number of rotatable bonds is 1. The van der Waals surface area contributed by atoms with Crippen LogP contribution in [0.15, 0.2) is 53.0 Å². The zero-order valence-electron chi connectivity index (χ0n) is 10.6. The highest BCUT2D eigenvalue weighted by Gasteiger charge is 2.31. The van der Waals surface area contributed by atoms with Crippen LogP contribution in [0.3, 0.4) is 0 Å². The van der Waals surface area contributed by atoms with Crippen LogP contribution in [0.2, 0.25) is 0 Å². The van der Waals surface area contributed by atoms with Crippen LogP contribution >= 0.6 is 15.9 Å². The number of aryl methyl sites for hydroxylation is 1. The minimum Gasteiger partial charge on any atom is -0.0692 e. The molecular weight excluding hydrogens is 284 g/mol. The first-order valence-electron chi connectivity index (χ1n) is 6.16. The summed E-state index contributed by atoms with van der Waals surface area (Å²) in [4.78, 5) is 0. The maximum Gasteiger partial charge on any atom is 0.0363 e. The summed E-state index contributed by atoms with van der Waals surface area (Å²) in [5.74, 6) is 0. The molecule has 0 fully saturated rings. The number of allylic oxidation sites excluding steroid dienone is 1. The molecule has 90 valence electrons. The molecule has 0 saturated carbocycles. The fourth-order valence-electron chi connectivity index (χ4n) is 2.69. The normalized spacial score (nSPS) is 21.1. The second kappa shape index (κ2) is 4.10. The highest BCUT2D eigenvalue weighted by Crippen LogP contribution is 2.42. The lowest BCUT2D eigenvalue weighted by Crippen LogP contribution is -2.18. The van der Waals surface area contributed by atoms with Gasteiger partial charge in [0.2, 0.25) is 0 Å². The van der Waals surface area contributed by atoms with Crippen LogP contribution in [-0.4, -0.2) is 0 Å². The Morgan fingerprint density at radius 3 is 2.67 bits per heavy atom. The van der Waals surface area contributed by atoms with Crippen molar-refractivity contribution < 1.29 is 0 Å². The molecular formula is C17H15Br. The third kappa shape index (κ3) is 1.74. The predicted molar refractivity (Wildman–Crippen MR) is 80.8 cm³/mol. The van der Waals surface area contributed by atoms with Crippen LogP contribution < -0.4 is 0 Å². The van der Waals surface area contributed by atoms with E-state index in [-0.39, 0.29) is 5.41 Å². The zero-order chi connectivity index (χ0) is 12.8. The maximum atomic E-state index is 3.58. The van der Waals surface area contributed by atoms with E-state index in [4.69, 9.17) is 0 Å². The molecule has 3 rings (SSSR count). The van der Waals surface area contributed by atoms with E-state index in [1.54, 1.807) is 0 Å². The van der Waals surface area contributed by atoms with Gasteiger partial charge in [-0.15, -0.1) is 0 Å². The van der Waals surface area contributed by atoms with Gasteiger partial charge >= 0.3 is 0 Å². The molecule has 1 atom stereocenters. The SMILES string of the molecule is Cc1cccc(C2(C)C=Cc3ccc(Br)cc32)c1. The highest BCUT2D eigenvalue weighted by molar-refractivity contribution is 9.10. The Morgan fingerprint density at radius 2 is 1.89 bits per heavy atom. The lowest BCUT2D eigenvalue weighted by Gasteiger charge is -2.25. The van der Waals surface area contributed by atoms with Gasteiger partial charge in [-0.25, -0.2) is 0 Å². The summed E-state index contributed by atoms with van der Waals surface area (Å²) >= 11 is 3.58. The standard InChI is InChI=1S/C17H15Br/c1-12-4-3-5-14(10-12)17(2)9-8-13-6-7-15(18)11-16(13)17/h3-11H,1-2H3. The molecule has 1 aliphatic rings. The molecule has 2 aromatic carbocycles. The van der Waals surface area contributed by atoms with Gasteiger partial charge in [-0.2, -0.15) is 0 Å².